The van der Waals surface area contributed by atoms with E-state index in [2.05, 4.69) is 25.6 Å². The summed E-state index contributed by atoms with van der Waals surface area (Å²) in [5, 5.41) is 1.97. The minimum Gasteiger partial charge on any atom is -0.155 e. The van der Waals surface area contributed by atoms with E-state index in [9.17, 15) is 0 Å². The molecular weight excluding hydrogens is 152 g/mol. The van der Waals surface area contributed by atoms with Gasteiger partial charge in [0, 0.05) is 10.5 Å². The minimum atomic E-state index is 0.933. The van der Waals surface area contributed by atoms with Crippen LogP contribution in [-0.2, 0) is 0 Å². The van der Waals surface area contributed by atoms with Gasteiger partial charge in [0.1, 0.15) is 0 Å². The lowest BCUT2D eigenvalue weighted by molar-refractivity contribution is 0.294. The van der Waals surface area contributed by atoms with Gasteiger partial charge in [-0.1, -0.05) is 26.7 Å². The molecule has 0 aromatic carbocycles. The lowest BCUT2D eigenvalue weighted by Crippen LogP contribution is -2.21. The molecule has 2 fully saturated rings. The molecule has 0 N–H and O–H groups in total. The zero-order valence-electron chi connectivity index (χ0n) is 7.55. The average Bonchev–Trinajstić information content (AvgIpc) is 2.30. The molecule has 1 aliphatic carbocycles. The third-order valence-electron chi connectivity index (χ3n) is 3.56. The number of rotatable bonds is 0. The molecule has 1 heterocycles. The Kier molecular flexibility index (Phi) is 2.18. The van der Waals surface area contributed by atoms with Gasteiger partial charge in [-0.15, -0.1) is 0 Å². The molecule has 0 bridgehead atoms. The molecule has 0 spiro atoms. The van der Waals surface area contributed by atoms with Crippen molar-refractivity contribution in [1.29, 1.82) is 0 Å². The van der Waals surface area contributed by atoms with E-state index in [-0.39, 0.29) is 0 Å². The third-order valence-corrected chi connectivity index (χ3v) is 5.35. The van der Waals surface area contributed by atoms with Crippen LogP contribution in [0.15, 0.2) is 0 Å². The molecule has 0 amide bonds. The first kappa shape index (κ1) is 7.97. The van der Waals surface area contributed by atoms with Crippen molar-refractivity contribution >= 4 is 11.8 Å². The smallest absolute Gasteiger partial charge is 0.00810 e. The Balaban J connectivity index is 2.05. The zero-order chi connectivity index (χ0) is 7.84. The summed E-state index contributed by atoms with van der Waals surface area (Å²) in [5.41, 5.74) is 0. The average molecular weight is 170 g/mol. The Bertz CT molecular complexity index is 144. The van der Waals surface area contributed by atoms with Crippen molar-refractivity contribution in [3.63, 3.8) is 0 Å². The first-order chi connectivity index (χ1) is 5.29. The van der Waals surface area contributed by atoms with Crippen LogP contribution in [-0.4, -0.2) is 10.5 Å². The van der Waals surface area contributed by atoms with Crippen LogP contribution in [0.25, 0.3) is 0 Å². The second-order valence-corrected chi connectivity index (χ2v) is 5.81. The van der Waals surface area contributed by atoms with Crippen molar-refractivity contribution in [2.24, 2.45) is 11.8 Å². The summed E-state index contributed by atoms with van der Waals surface area (Å²) in [4.78, 5) is 0. The van der Waals surface area contributed by atoms with E-state index in [4.69, 9.17) is 0 Å². The summed E-state index contributed by atoms with van der Waals surface area (Å²) < 4.78 is 0. The lowest BCUT2D eigenvalue weighted by atomic mass is 9.80. The van der Waals surface area contributed by atoms with E-state index < -0.39 is 0 Å². The maximum Gasteiger partial charge on any atom is 0.00810 e. The fraction of sp³-hybridized carbons (Fsp3) is 1.00. The van der Waals surface area contributed by atoms with E-state index in [1.165, 1.54) is 25.7 Å². The van der Waals surface area contributed by atoms with Crippen LogP contribution in [0.4, 0.5) is 0 Å². The lowest BCUT2D eigenvalue weighted by Gasteiger charge is -2.26. The number of hydrogen-bond donors (Lipinski definition) is 0. The topological polar surface area (TPSA) is 0 Å². The number of fused-ring (bicyclic) bond motifs is 1. The molecule has 0 aromatic rings. The van der Waals surface area contributed by atoms with Crippen molar-refractivity contribution in [1.82, 2.24) is 0 Å². The standard InChI is InChI=1S/C10H18S/c1-7-8(2)11-10-6-4-3-5-9(7)10/h7-10H,3-6H2,1-2H3/t7-,8+,9?,10?/m1/s1. The van der Waals surface area contributed by atoms with Crippen molar-refractivity contribution < 1.29 is 0 Å². The highest BCUT2D eigenvalue weighted by molar-refractivity contribution is 8.00. The second-order valence-electron chi connectivity index (χ2n) is 4.19. The Morgan fingerprint density at radius 1 is 1.09 bits per heavy atom. The monoisotopic (exact) mass is 170 g/mol. The molecule has 1 saturated carbocycles. The number of thioether (sulfide) groups is 1. The van der Waals surface area contributed by atoms with Crippen molar-refractivity contribution in [3.05, 3.63) is 0 Å². The predicted octanol–water partition coefficient (Wildman–Crippen LogP) is 3.32. The molecule has 4 atom stereocenters. The molecule has 11 heavy (non-hydrogen) atoms. The first-order valence-corrected chi connectivity index (χ1v) is 5.89. The van der Waals surface area contributed by atoms with Crippen LogP contribution >= 0.6 is 11.8 Å². The Labute approximate surface area is 74.1 Å². The Morgan fingerprint density at radius 2 is 1.82 bits per heavy atom. The molecule has 2 unspecified atom stereocenters. The highest BCUT2D eigenvalue weighted by atomic mass is 32.2. The largest absolute Gasteiger partial charge is 0.155 e. The summed E-state index contributed by atoms with van der Waals surface area (Å²) in [5.74, 6) is 2.06. The molecular formula is C10H18S. The maximum atomic E-state index is 2.45. The molecule has 1 heteroatoms. The van der Waals surface area contributed by atoms with E-state index >= 15 is 0 Å². The van der Waals surface area contributed by atoms with E-state index in [1.54, 1.807) is 0 Å². The molecule has 1 saturated heterocycles. The van der Waals surface area contributed by atoms with Crippen LogP contribution < -0.4 is 0 Å². The molecule has 2 aliphatic rings. The van der Waals surface area contributed by atoms with Crippen LogP contribution in [0, 0.1) is 11.8 Å². The van der Waals surface area contributed by atoms with Crippen LogP contribution in [0.2, 0.25) is 0 Å². The molecule has 64 valence electrons. The summed E-state index contributed by atoms with van der Waals surface area (Å²) in [6.07, 6.45) is 6.01. The van der Waals surface area contributed by atoms with Gasteiger partial charge in [0.05, 0.1) is 0 Å². The van der Waals surface area contributed by atoms with E-state index in [1.807, 2.05) is 0 Å². The highest BCUT2D eigenvalue weighted by Gasteiger charge is 2.39. The SMILES string of the molecule is C[C@@H]1SC2CCCCC2[C@@H]1C. The van der Waals surface area contributed by atoms with Gasteiger partial charge in [0.2, 0.25) is 0 Å². The normalized spacial score (nSPS) is 50.7. The van der Waals surface area contributed by atoms with Gasteiger partial charge >= 0.3 is 0 Å². The van der Waals surface area contributed by atoms with E-state index in [0.29, 0.717) is 0 Å². The van der Waals surface area contributed by atoms with Crippen LogP contribution in [0.3, 0.4) is 0 Å². The van der Waals surface area contributed by atoms with Crippen LogP contribution in [0.1, 0.15) is 39.5 Å². The third kappa shape index (κ3) is 1.32. The van der Waals surface area contributed by atoms with Gasteiger partial charge in [-0.3, -0.25) is 0 Å². The zero-order valence-corrected chi connectivity index (χ0v) is 8.36. The van der Waals surface area contributed by atoms with Gasteiger partial charge in [-0.25, -0.2) is 0 Å². The van der Waals surface area contributed by atoms with Crippen molar-refractivity contribution in [2.45, 2.75) is 50.0 Å². The second kappa shape index (κ2) is 3.01. The molecule has 0 aromatic heterocycles. The summed E-state index contributed by atoms with van der Waals surface area (Å²) in [6, 6.07) is 0. The van der Waals surface area contributed by atoms with Crippen LogP contribution in [0.5, 0.6) is 0 Å². The summed E-state index contributed by atoms with van der Waals surface area (Å²) in [6.45, 7) is 4.86. The fourth-order valence-electron chi connectivity index (χ4n) is 2.64. The first-order valence-electron chi connectivity index (χ1n) is 4.94. The quantitative estimate of drug-likeness (QED) is 0.537. The van der Waals surface area contributed by atoms with Gasteiger partial charge in [0.15, 0.2) is 0 Å². The van der Waals surface area contributed by atoms with Crippen molar-refractivity contribution in [2.75, 3.05) is 0 Å². The number of hydrogen-bond acceptors (Lipinski definition) is 1. The van der Waals surface area contributed by atoms with E-state index in [0.717, 1.165) is 22.3 Å². The summed E-state index contributed by atoms with van der Waals surface area (Å²) in [7, 11) is 0. The Hall–Kier alpha value is 0.350. The molecule has 1 aliphatic heterocycles. The van der Waals surface area contributed by atoms with Crippen molar-refractivity contribution in [3.8, 4) is 0 Å². The molecule has 0 radical (unpaired) electrons. The van der Waals surface area contributed by atoms with Gasteiger partial charge in [-0.2, -0.15) is 11.8 Å². The minimum absolute atomic E-state index is 0.933. The summed E-state index contributed by atoms with van der Waals surface area (Å²) >= 11 is 2.26. The van der Waals surface area contributed by atoms with Gasteiger partial charge in [0.25, 0.3) is 0 Å². The highest BCUT2D eigenvalue weighted by Crippen LogP contribution is 2.49. The Morgan fingerprint density at radius 3 is 2.55 bits per heavy atom. The van der Waals surface area contributed by atoms with Gasteiger partial charge < -0.3 is 0 Å². The molecule has 0 nitrogen and oxygen atoms in total. The molecule has 2 rings (SSSR count). The fourth-order valence-corrected chi connectivity index (χ4v) is 4.53. The predicted molar refractivity (Wildman–Crippen MR) is 52.0 cm³/mol. The van der Waals surface area contributed by atoms with Gasteiger partial charge in [-0.05, 0) is 24.7 Å². The maximum absolute atomic E-state index is 2.45.